The van der Waals surface area contributed by atoms with Gasteiger partial charge in [-0.1, -0.05) is 6.08 Å². The van der Waals surface area contributed by atoms with Crippen molar-refractivity contribution in [1.82, 2.24) is 0 Å². The van der Waals surface area contributed by atoms with E-state index < -0.39 is 0 Å². The van der Waals surface area contributed by atoms with Crippen LogP contribution in [0.25, 0.3) is 0 Å². The summed E-state index contributed by atoms with van der Waals surface area (Å²) in [6, 6.07) is 0. The molecule has 81 valence electrons. The first-order valence-corrected chi connectivity index (χ1v) is 5.32. The topological polar surface area (TPSA) is 43.4 Å². The minimum Gasteiger partial charge on any atom is -0.420 e. The van der Waals surface area contributed by atoms with Crippen molar-refractivity contribution in [3.63, 3.8) is 0 Å². The maximum atomic E-state index is 11.8. The van der Waals surface area contributed by atoms with E-state index in [4.69, 9.17) is 4.74 Å². The van der Waals surface area contributed by atoms with E-state index in [2.05, 4.69) is 0 Å². The van der Waals surface area contributed by atoms with Crippen molar-refractivity contribution in [3.8, 4) is 0 Å². The largest absolute Gasteiger partial charge is 0.516 e. The van der Waals surface area contributed by atoms with Crippen molar-refractivity contribution in [2.24, 2.45) is 5.92 Å². The molecule has 0 aliphatic carbocycles. The van der Waals surface area contributed by atoms with Crippen molar-refractivity contribution in [2.45, 2.75) is 13.3 Å². The Kier molecular flexibility index (Phi) is 2.61. The summed E-state index contributed by atoms with van der Waals surface area (Å²) in [5.74, 6) is 0.347. The molecule has 0 aromatic carbocycles. The van der Waals surface area contributed by atoms with Crippen LogP contribution in [0, 0.1) is 5.92 Å². The summed E-state index contributed by atoms with van der Waals surface area (Å²) in [5.41, 5.74) is 0.622. The third-order valence-electron chi connectivity index (χ3n) is 3.21. The van der Waals surface area contributed by atoms with Gasteiger partial charge >= 0.3 is 6.09 Å². The van der Waals surface area contributed by atoms with E-state index in [-0.39, 0.29) is 6.09 Å². The highest BCUT2D eigenvalue weighted by molar-refractivity contribution is 5.75. The van der Waals surface area contributed by atoms with Crippen molar-refractivity contribution < 1.29 is 18.8 Å². The fourth-order valence-electron chi connectivity index (χ4n) is 2.54. The van der Waals surface area contributed by atoms with Gasteiger partial charge in [0.1, 0.15) is 6.54 Å². The summed E-state index contributed by atoms with van der Waals surface area (Å²) in [6.07, 6.45) is 4.64. The number of amides is 1. The van der Waals surface area contributed by atoms with Gasteiger partial charge < -0.3 is 4.74 Å². The second kappa shape index (κ2) is 3.77. The van der Waals surface area contributed by atoms with Gasteiger partial charge in [-0.25, -0.2) is 4.48 Å². The lowest BCUT2D eigenvalue weighted by Gasteiger charge is -2.31. The zero-order valence-electron chi connectivity index (χ0n) is 8.86. The predicted octanol–water partition coefficient (Wildman–Crippen LogP) is 1.03. The highest BCUT2D eigenvalue weighted by Crippen LogP contribution is 2.32. The Labute approximate surface area is 89.1 Å². The molecular formula is C11H15NO3+. The van der Waals surface area contributed by atoms with Crippen molar-refractivity contribution in [3.05, 3.63) is 11.6 Å². The van der Waals surface area contributed by atoms with Crippen LogP contribution >= 0.6 is 0 Å². The molecule has 1 saturated heterocycles. The molecule has 2 atom stereocenters. The van der Waals surface area contributed by atoms with Crippen LogP contribution in [0.5, 0.6) is 0 Å². The summed E-state index contributed by atoms with van der Waals surface area (Å²) >= 11 is 0. The molecular weight excluding hydrogens is 194 g/mol. The molecule has 2 unspecified atom stereocenters. The van der Waals surface area contributed by atoms with Crippen LogP contribution in [0.1, 0.15) is 13.3 Å². The van der Waals surface area contributed by atoms with Crippen LogP contribution in [0.2, 0.25) is 0 Å². The second-order valence-corrected chi connectivity index (χ2v) is 4.25. The molecule has 2 aliphatic rings. The van der Waals surface area contributed by atoms with Gasteiger partial charge in [0.05, 0.1) is 25.3 Å². The Bertz CT molecular complexity index is 324. The lowest BCUT2D eigenvalue weighted by Crippen LogP contribution is -2.53. The Morgan fingerprint density at radius 3 is 3.20 bits per heavy atom. The van der Waals surface area contributed by atoms with Crippen LogP contribution < -0.4 is 0 Å². The maximum absolute atomic E-state index is 11.8. The fourth-order valence-corrected chi connectivity index (χ4v) is 2.54. The lowest BCUT2D eigenvalue weighted by molar-refractivity contribution is -0.842. The normalized spacial score (nSPS) is 33.4. The number of nitrogens with zero attached hydrogens (tertiary/aromatic N) is 1. The molecule has 4 heteroatoms. The average molecular weight is 209 g/mol. The minimum absolute atomic E-state index is 0.194. The number of hydrogen-bond donors (Lipinski definition) is 0. The second-order valence-electron chi connectivity index (χ2n) is 4.25. The van der Waals surface area contributed by atoms with Gasteiger partial charge in [-0.05, 0) is 6.92 Å². The van der Waals surface area contributed by atoms with E-state index >= 15 is 0 Å². The van der Waals surface area contributed by atoms with E-state index in [9.17, 15) is 9.59 Å². The summed E-state index contributed by atoms with van der Waals surface area (Å²) in [7, 11) is 0. The number of ether oxygens (including phenoxy) is 1. The fraction of sp³-hybridized carbons (Fsp3) is 0.636. The summed E-state index contributed by atoms with van der Waals surface area (Å²) in [6.45, 7) is 4.22. The van der Waals surface area contributed by atoms with Crippen LogP contribution in [-0.4, -0.2) is 43.1 Å². The van der Waals surface area contributed by atoms with Gasteiger partial charge in [-0.2, -0.15) is 4.79 Å². The van der Waals surface area contributed by atoms with E-state index in [1.807, 2.05) is 12.4 Å². The quantitative estimate of drug-likeness (QED) is 0.638. The Balaban J connectivity index is 2.20. The third-order valence-corrected chi connectivity index (χ3v) is 3.21. The first-order chi connectivity index (χ1) is 7.20. The number of hydrogen-bond acceptors (Lipinski definition) is 3. The van der Waals surface area contributed by atoms with Crippen LogP contribution in [0.15, 0.2) is 11.6 Å². The van der Waals surface area contributed by atoms with Crippen molar-refractivity contribution in [1.29, 1.82) is 0 Å². The molecule has 1 fully saturated rings. The third kappa shape index (κ3) is 1.69. The van der Waals surface area contributed by atoms with Gasteiger partial charge in [-0.15, -0.1) is 0 Å². The molecule has 0 N–H and O–H groups in total. The molecule has 0 spiro atoms. The van der Waals surface area contributed by atoms with Gasteiger partial charge in [0.25, 0.3) is 0 Å². The maximum Gasteiger partial charge on any atom is 0.516 e. The van der Waals surface area contributed by atoms with Gasteiger partial charge in [0, 0.05) is 12.3 Å². The molecule has 4 nitrogen and oxygen atoms in total. The highest BCUT2D eigenvalue weighted by atomic mass is 16.6. The minimum atomic E-state index is -0.194. The Morgan fingerprint density at radius 2 is 2.53 bits per heavy atom. The molecule has 1 radical (unpaired) electrons. The zero-order chi connectivity index (χ0) is 10.9. The van der Waals surface area contributed by atoms with Crippen molar-refractivity contribution >= 4 is 12.4 Å². The van der Waals surface area contributed by atoms with Crippen LogP contribution in [-0.2, 0) is 9.53 Å². The van der Waals surface area contributed by atoms with E-state index in [0.717, 1.165) is 19.5 Å². The molecule has 2 rings (SSSR count). The first-order valence-electron chi connectivity index (χ1n) is 5.32. The van der Waals surface area contributed by atoms with E-state index in [1.54, 1.807) is 6.92 Å². The molecule has 2 heterocycles. The summed E-state index contributed by atoms with van der Waals surface area (Å²) in [5, 5.41) is 0. The molecule has 0 saturated carbocycles. The SMILES string of the molecule is CCOC(=O)[N+]12CCC(C=C([C]=O)C1)C2. The number of fused-ring (bicyclic) bond motifs is 2. The molecule has 2 aliphatic heterocycles. The summed E-state index contributed by atoms with van der Waals surface area (Å²) in [4.78, 5) is 22.5. The summed E-state index contributed by atoms with van der Waals surface area (Å²) < 4.78 is 5.36. The first kappa shape index (κ1) is 10.4. The molecule has 0 aromatic rings. The molecule has 2 bridgehead atoms. The lowest BCUT2D eigenvalue weighted by atomic mass is 10.0. The van der Waals surface area contributed by atoms with E-state index in [0.29, 0.717) is 29.1 Å². The molecule has 15 heavy (non-hydrogen) atoms. The number of carbonyl (C=O) groups is 1. The smallest absolute Gasteiger partial charge is 0.420 e. The van der Waals surface area contributed by atoms with Crippen LogP contribution in [0.4, 0.5) is 4.79 Å². The van der Waals surface area contributed by atoms with Gasteiger partial charge in [0.15, 0.2) is 0 Å². The van der Waals surface area contributed by atoms with Crippen LogP contribution in [0.3, 0.4) is 0 Å². The number of carbonyl (C=O) groups excluding carboxylic acids is 2. The Hall–Kier alpha value is -1.16. The zero-order valence-corrected chi connectivity index (χ0v) is 8.86. The number of rotatable bonds is 2. The van der Waals surface area contributed by atoms with Crippen molar-refractivity contribution in [2.75, 3.05) is 26.2 Å². The molecule has 1 amide bonds. The highest BCUT2D eigenvalue weighted by Gasteiger charge is 2.48. The Morgan fingerprint density at radius 1 is 1.73 bits per heavy atom. The standard InChI is InChI=1S/C11H15NO3/c1-2-15-11(14)12-4-3-9(6-12)5-10(7-12)8-13/h5,9H,2-4,6-7H2,1H3/q+1. The van der Waals surface area contributed by atoms with Gasteiger partial charge in [-0.3, -0.25) is 4.79 Å². The predicted molar refractivity (Wildman–Crippen MR) is 53.8 cm³/mol. The number of quaternary nitrogens is 1. The monoisotopic (exact) mass is 209 g/mol. The average Bonchev–Trinajstić information content (AvgIpc) is 2.56. The van der Waals surface area contributed by atoms with Gasteiger partial charge in [0.2, 0.25) is 6.29 Å². The molecule has 0 aromatic heterocycles. The van der Waals surface area contributed by atoms with E-state index in [1.165, 1.54) is 0 Å².